The SMILES string of the molecule is CC(C)[C@@H]1CC[C@@H](C)C[C@@H]1OC(=O)[C@@H]1CN(C)CC[C@@H]1c1ccc(F)cc1. The van der Waals surface area contributed by atoms with Crippen LogP contribution in [0.2, 0.25) is 0 Å². The molecule has 5 atom stereocenters. The summed E-state index contributed by atoms with van der Waals surface area (Å²) in [7, 11) is 2.06. The van der Waals surface area contributed by atoms with Crippen molar-refractivity contribution in [1.82, 2.24) is 4.90 Å². The molecule has 1 heterocycles. The van der Waals surface area contributed by atoms with Gasteiger partial charge in [0.25, 0.3) is 0 Å². The van der Waals surface area contributed by atoms with E-state index in [-0.39, 0.29) is 29.7 Å². The summed E-state index contributed by atoms with van der Waals surface area (Å²) >= 11 is 0. The Labute approximate surface area is 163 Å². The minimum Gasteiger partial charge on any atom is -0.462 e. The zero-order chi connectivity index (χ0) is 19.6. The third kappa shape index (κ3) is 4.90. The Morgan fingerprint density at radius 1 is 1.19 bits per heavy atom. The molecule has 3 rings (SSSR count). The van der Waals surface area contributed by atoms with Gasteiger partial charge in [0.05, 0.1) is 5.92 Å². The molecule has 0 amide bonds. The predicted octanol–water partition coefficient (Wildman–Crippen LogP) is 4.87. The van der Waals surface area contributed by atoms with E-state index in [9.17, 15) is 9.18 Å². The number of halogens is 1. The van der Waals surface area contributed by atoms with Gasteiger partial charge >= 0.3 is 5.97 Å². The Morgan fingerprint density at radius 2 is 1.89 bits per heavy atom. The summed E-state index contributed by atoms with van der Waals surface area (Å²) in [5, 5.41) is 0. The first-order valence-electron chi connectivity index (χ1n) is 10.5. The van der Waals surface area contributed by atoms with E-state index in [0.717, 1.165) is 31.4 Å². The second kappa shape index (κ2) is 8.72. The number of benzene rings is 1. The van der Waals surface area contributed by atoms with Crippen molar-refractivity contribution < 1.29 is 13.9 Å². The van der Waals surface area contributed by atoms with E-state index in [4.69, 9.17) is 4.74 Å². The molecule has 2 fully saturated rings. The summed E-state index contributed by atoms with van der Waals surface area (Å²) in [4.78, 5) is 15.4. The van der Waals surface area contributed by atoms with E-state index in [2.05, 4.69) is 32.7 Å². The van der Waals surface area contributed by atoms with Crippen molar-refractivity contribution in [3.05, 3.63) is 35.6 Å². The van der Waals surface area contributed by atoms with Crippen LogP contribution in [-0.4, -0.2) is 37.1 Å². The Kier molecular flexibility index (Phi) is 6.56. The molecule has 1 aromatic carbocycles. The van der Waals surface area contributed by atoms with Gasteiger partial charge in [0.15, 0.2) is 0 Å². The van der Waals surface area contributed by atoms with Crippen LogP contribution in [0.3, 0.4) is 0 Å². The van der Waals surface area contributed by atoms with Crippen LogP contribution in [0.25, 0.3) is 0 Å². The molecule has 0 aromatic heterocycles. The van der Waals surface area contributed by atoms with Crippen LogP contribution in [0.1, 0.15) is 57.9 Å². The van der Waals surface area contributed by atoms with Crippen LogP contribution >= 0.6 is 0 Å². The molecule has 0 unspecified atom stereocenters. The number of rotatable bonds is 4. The van der Waals surface area contributed by atoms with Gasteiger partial charge < -0.3 is 9.64 Å². The number of hydrogen-bond donors (Lipinski definition) is 0. The molecule has 1 aromatic rings. The molecule has 4 heteroatoms. The number of piperidine rings is 1. The Bertz CT molecular complexity index is 630. The fraction of sp³-hybridized carbons (Fsp3) is 0.696. The molecule has 1 aliphatic carbocycles. The first-order chi connectivity index (χ1) is 12.8. The molecule has 27 heavy (non-hydrogen) atoms. The molecule has 1 saturated heterocycles. The smallest absolute Gasteiger partial charge is 0.311 e. The number of esters is 1. The van der Waals surface area contributed by atoms with E-state index in [1.807, 2.05) is 12.1 Å². The molecule has 150 valence electrons. The van der Waals surface area contributed by atoms with Gasteiger partial charge in [0.1, 0.15) is 11.9 Å². The van der Waals surface area contributed by atoms with Gasteiger partial charge in [-0.2, -0.15) is 0 Å². The Morgan fingerprint density at radius 3 is 2.56 bits per heavy atom. The molecular formula is C23H34FNO2. The third-order valence-electron chi connectivity index (χ3n) is 6.65. The Hall–Kier alpha value is -1.42. The highest BCUT2D eigenvalue weighted by atomic mass is 19.1. The fourth-order valence-corrected chi connectivity index (χ4v) is 4.95. The summed E-state index contributed by atoms with van der Waals surface area (Å²) in [6, 6.07) is 6.64. The second-order valence-corrected chi connectivity index (χ2v) is 9.12. The molecule has 0 bridgehead atoms. The van der Waals surface area contributed by atoms with Crippen molar-refractivity contribution in [3.63, 3.8) is 0 Å². The zero-order valence-electron chi connectivity index (χ0n) is 17.2. The zero-order valence-corrected chi connectivity index (χ0v) is 17.2. The molecule has 2 aliphatic rings. The van der Waals surface area contributed by atoms with Crippen molar-refractivity contribution in [2.75, 3.05) is 20.1 Å². The van der Waals surface area contributed by atoms with Crippen molar-refractivity contribution in [2.24, 2.45) is 23.7 Å². The van der Waals surface area contributed by atoms with Crippen LogP contribution in [0.5, 0.6) is 0 Å². The van der Waals surface area contributed by atoms with E-state index < -0.39 is 0 Å². The second-order valence-electron chi connectivity index (χ2n) is 9.12. The van der Waals surface area contributed by atoms with Crippen LogP contribution < -0.4 is 0 Å². The number of likely N-dealkylation sites (tertiary alicyclic amines) is 1. The molecule has 0 spiro atoms. The van der Waals surface area contributed by atoms with Crippen LogP contribution in [0, 0.1) is 29.5 Å². The lowest BCUT2D eigenvalue weighted by molar-refractivity contribution is -0.163. The lowest BCUT2D eigenvalue weighted by Gasteiger charge is -2.40. The lowest BCUT2D eigenvalue weighted by Crippen LogP contribution is -2.44. The maximum atomic E-state index is 13.3. The quantitative estimate of drug-likeness (QED) is 0.704. The molecule has 1 saturated carbocycles. The minimum absolute atomic E-state index is 0.0300. The Balaban J connectivity index is 1.75. The average Bonchev–Trinajstić information content (AvgIpc) is 2.62. The molecular weight excluding hydrogens is 341 g/mol. The van der Waals surface area contributed by atoms with Crippen LogP contribution in [0.4, 0.5) is 4.39 Å². The van der Waals surface area contributed by atoms with Gasteiger partial charge in [-0.25, -0.2) is 4.39 Å². The summed E-state index contributed by atoms with van der Waals surface area (Å²) in [5.74, 6) is 1.21. The van der Waals surface area contributed by atoms with Crippen molar-refractivity contribution in [3.8, 4) is 0 Å². The van der Waals surface area contributed by atoms with Crippen molar-refractivity contribution in [2.45, 2.75) is 58.5 Å². The number of carbonyl (C=O) groups is 1. The number of ether oxygens (including phenoxy) is 1. The summed E-state index contributed by atoms with van der Waals surface area (Å²) in [6.07, 6.45) is 4.27. The van der Waals surface area contributed by atoms with Gasteiger partial charge in [-0.1, -0.05) is 39.3 Å². The first kappa shape index (κ1) is 20.3. The number of nitrogens with zero attached hydrogens (tertiary/aromatic N) is 1. The number of hydrogen-bond acceptors (Lipinski definition) is 3. The summed E-state index contributed by atoms with van der Waals surface area (Å²) in [6.45, 7) is 8.37. The molecule has 3 nitrogen and oxygen atoms in total. The van der Waals surface area contributed by atoms with Gasteiger partial charge in [-0.3, -0.25) is 4.79 Å². The highest BCUT2D eigenvalue weighted by Crippen LogP contribution is 2.38. The lowest BCUT2D eigenvalue weighted by atomic mass is 9.75. The van der Waals surface area contributed by atoms with Gasteiger partial charge in [-0.05, 0) is 74.2 Å². The van der Waals surface area contributed by atoms with Crippen molar-refractivity contribution in [1.29, 1.82) is 0 Å². The van der Waals surface area contributed by atoms with E-state index >= 15 is 0 Å². The summed E-state index contributed by atoms with van der Waals surface area (Å²) < 4.78 is 19.5. The van der Waals surface area contributed by atoms with Crippen LogP contribution in [0.15, 0.2) is 24.3 Å². The van der Waals surface area contributed by atoms with E-state index in [1.54, 1.807) is 0 Å². The van der Waals surface area contributed by atoms with Crippen LogP contribution in [-0.2, 0) is 9.53 Å². The van der Waals surface area contributed by atoms with Gasteiger partial charge in [0.2, 0.25) is 0 Å². The maximum absolute atomic E-state index is 13.3. The van der Waals surface area contributed by atoms with Gasteiger partial charge in [0, 0.05) is 6.54 Å². The van der Waals surface area contributed by atoms with E-state index in [1.165, 1.54) is 18.6 Å². The largest absolute Gasteiger partial charge is 0.462 e. The predicted molar refractivity (Wildman–Crippen MR) is 106 cm³/mol. The summed E-state index contributed by atoms with van der Waals surface area (Å²) in [5.41, 5.74) is 1.05. The molecule has 0 radical (unpaired) electrons. The topological polar surface area (TPSA) is 29.5 Å². The normalized spacial score (nSPS) is 32.4. The molecule has 0 N–H and O–H groups in total. The molecule has 1 aliphatic heterocycles. The first-order valence-corrected chi connectivity index (χ1v) is 10.5. The maximum Gasteiger partial charge on any atom is 0.311 e. The fourth-order valence-electron chi connectivity index (χ4n) is 4.95. The van der Waals surface area contributed by atoms with Gasteiger partial charge in [-0.15, -0.1) is 0 Å². The van der Waals surface area contributed by atoms with E-state index in [0.29, 0.717) is 24.3 Å². The minimum atomic E-state index is -0.234. The highest BCUT2D eigenvalue weighted by molar-refractivity contribution is 5.74. The number of carbonyl (C=O) groups excluding carboxylic acids is 1. The highest BCUT2D eigenvalue weighted by Gasteiger charge is 2.39. The average molecular weight is 376 g/mol. The monoisotopic (exact) mass is 375 g/mol. The third-order valence-corrected chi connectivity index (χ3v) is 6.65. The standard InChI is InChI=1S/C23H34FNO2/c1-15(2)19-10-5-16(3)13-22(19)27-23(26)21-14-25(4)12-11-20(21)17-6-8-18(24)9-7-17/h6-9,15-16,19-22H,5,10-14H2,1-4H3/t16-,19+,20-,21-,22+/m1/s1. The van der Waals surface area contributed by atoms with Crippen molar-refractivity contribution >= 4 is 5.97 Å².